The van der Waals surface area contributed by atoms with Crippen molar-refractivity contribution in [2.24, 2.45) is 10.4 Å². The third kappa shape index (κ3) is 2.59. The Morgan fingerprint density at radius 1 is 1.17 bits per heavy atom. The van der Waals surface area contributed by atoms with Gasteiger partial charge in [-0.25, -0.2) is 4.99 Å². The summed E-state index contributed by atoms with van der Waals surface area (Å²) in [6.45, 7) is 3.57. The number of guanidine groups is 1. The molecule has 0 saturated carbocycles. The van der Waals surface area contributed by atoms with Gasteiger partial charge in [0.2, 0.25) is 5.96 Å². The van der Waals surface area contributed by atoms with Gasteiger partial charge in [-0.15, -0.1) is 0 Å². The van der Waals surface area contributed by atoms with Crippen LogP contribution in [0.2, 0.25) is 0 Å². The molecule has 3 unspecified atom stereocenters. The number of unbranched alkanes of at least 4 members (excludes halogenated alkanes) is 1. The fourth-order valence-corrected chi connectivity index (χ4v) is 5.07. The van der Waals surface area contributed by atoms with Crippen LogP contribution in [0.15, 0.2) is 59.6 Å². The van der Waals surface area contributed by atoms with E-state index < -0.39 is 11.6 Å². The number of para-hydroxylation sites is 2. The predicted octanol–water partition coefficient (Wildman–Crippen LogP) is 4.13. The summed E-state index contributed by atoms with van der Waals surface area (Å²) in [7, 11) is 1.46. The molecule has 6 heteroatoms. The zero-order chi connectivity index (χ0) is 20.7. The maximum absolute atomic E-state index is 13.3. The summed E-state index contributed by atoms with van der Waals surface area (Å²) in [6, 6.07) is 18.0. The molecule has 0 aromatic heterocycles. The Kier molecular flexibility index (Phi) is 4.74. The molecule has 2 aromatic rings. The normalized spacial score (nSPS) is 26.7. The van der Waals surface area contributed by atoms with Crippen molar-refractivity contribution in [3.05, 3.63) is 60.2 Å². The van der Waals surface area contributed by atoms with Crippen molar-refractivity contribution in [1.82, 2.24) is 0 Å². The summed E-state index contributed by atoms with van der Waals surface area (Å²) in [6.07, 6.45) is 2.29. The molecule has 3 aliphatic rings. The van der Waals surface area contributed by atoms with Crippen LogP contribution in [0.25, 0.3) is 0 Å². The summed E-state index contributed by atoms with van der Waals surface area (Å²) >= 11 is 0. The lowest BCUT2D eigenvalue weighted by Crippen LogP contribution is -2.59. The molecule has 3 atom stereocenters. The van der Waals surface area contributed by atoms with Gasteiger partial charge in [0.05, 0.1) is 31.1 Å². The van der Waals surface area contributed by atoms with E-state index in [0.717, 1.165) is 42.3 Å². The Balaban J connectivity index is 1.72. The molecule has 156 valence electrons. The number of fused-ring (bicyclic) bond motifs is 5. The van der Waals surface area contributed by atoms with E-state index in [1.165, 1.54) is 7.11 Å². The summed E-state index contributed by atoms with van der Waals surface area (Å²) in [5.74, 6) is 0.607. The van der Waals surface area contributed by atoms with E-state index in [1.807, 2.05) is 36.4 Å². The van der Waals surface area contributed by atoms with E-state index in [4.69, 9.17) is 14.5 Å². The Morgan fingerprint density at radius 2 is 1.90 bits per heavy atom. The van der Waals surface area contributed by atoms with Crippen molar-refractivity contribution in [3.63, 3.8) is 0 Å². The van der Waals surface area contributed by atoms with Gasteiger partial charge in [-0.05, 0) is 30.5 Å². The first-order chi connectivity index (χ1) is 14.7. The van der Waals surface area contributed by atoms with Crippen molar-refractivity contribution in [3.8, 4) is 0 Å². The number of nitrogens with zero attached hydrogens (tertiary/aromatic N) is 3. The number of carbonyl (C=O) groups excluding carboxylic acids is 1. The van der Waals surface area contributed by atoms with Gasteiger partial charge < -0.3 is 14.4 Å². The molecule has 1 fully saturated rings. The van der Waals surface area contributed by atoms with Crippen molar-refractivity contribution < 1.29 is 14.3 Å². The largest absolute Gasteiger partial charge is 0.468 e. The maximum atomic E-state index is 13.3. The fraction of sp³-hybridized carbons (Fsp3) is 0.417. The van der Waals surface area contributed by atoms with Crippen molar-refractivity contribution >= 4 is 23.3 Å². The van der Waals surface area contributed by atoms with Crippen LogP contribution in [0, 0.1) is 5.41 Å². The summed E-state index contributed by atoms with van der Waals surface area (Å²) < 4.78 is 11.6. The highest BCUT2D eigenvalue weighted by atomic mass is 16.5. The lowest BCUT2D eigenvalue weighted by Gasteiger charge is -2.45. The number of ether oxygens (including phenoxy) is 2. The number of benzene rings is 2. The Hall–Kier alpha value is -2.86. The molecule has 2 aromatic carbocycles. The van der Waals surface area contributed by atoms with Crippen LogP contribution in [-0.2, 0) is 14.3 Å². The zero-order valence-corrected chi connectivity index (χ0v) is 17.5. The number of methoxy groups -OCH3 is 1. The van der Waals surface area contributed by atoms with E-state index in [1.54, 1.807) is 0 Å². The van der Waals surface area contributed by atoms with Gasteiger partial charge >= 0.3 is 5.97 Å². The van der Waals surface area contributed by atoms with Gasteiger partial charge in [0.25, 0.3) is 0 Å². The number of hydrogen-bond donors (Lipinski definition) is 0. The maximum Gasteiger partial charge on any atom is 0.319 e. The minimum Gasteiger partial charge on any atom is -0.468 e. The summed E-state index contributed by atoms with van der Waals surface area (Å²) in [4.78, 5) is 22.9. The van der Waals surface area contributed by atoms with Gasteiger partial charge in [0.15, 0.2) is 6.23 Å². The second kappa shape index (κ2) is 7.43. The second-order valence-electron chi connectivity index (χ2n) is 8.11. The standard InChI is InChI=1S/C24H27N3O3/c1-3-4-15-26-18-12-8-9-13-19(18)27-21-24(14-16-30-21,22(28)29-2)20(25-23(26)27)17-10-6-5-7-11-17/h5-13,20-21H,3-4,14-16H2,1-2H3. The average molecular weight is 405 g/mol. The molecule has 0 spiro atoms. The van der Waals surface area contributed by atoms with Crippen LogP contribution in [0.5, 0.6) is 0 Å². The number of rotatable bonds is 5. The van der Waals surface area contributed by atoms with Crippen molar-refractivity contribution in [2.75, 3.05) is 30.1 Å². The first-order valence-corrected chi connectivity index (χ1v) is 10.7. The number of carbonyl (C=O) groups is 1. The lowest BCUT2D eigenvalue weighted by atomic mass is 9.73. The Labute approximate surface area is 177 Å². The molecule has 0 aliphatic carbocycles. The van der Waals surface area contributed by atoms with Gasteiger partial charge in [-0.1, -0.05) is 55.8 Å². The van der Waals surface area contributed by atoms with Crippen molar-refractivity contribution in [2.45, 2.75) is 38.5 Å². The van der Waals surface area contributed by atoms with E-state index in [0.29, 0.717) is 13.0 Å². The number of anilines is 2. The average Bonchev–Trinajstić information content (AvgIpc) is 3.37. The molecule has 5 rings (SSSR count). The summed E-state index contributed by atoms with van der Waals surface area (Å²) in [5, 5.41) is 0. The van der Waals surface area contributed by atoms with Crippen LogP contribution in [0.1, 0.15) is 37.8 Å². The topological polar surface area (TPSA) is 54.4 Å². The molecule has 1 saturated heterocycles. The predicted molar refractivity (Wildman–Crippen MR) is 117 cm³/mol. The minimum atomic E-state index is -0.881. The monoisotopic (exact) mass is 405 g/mol. The quantitative estimate of drug-likeness (QED) is 0.700. The third-order valence-electron chi connectivity index (χ3n) is 6.50. The second-order valence-corrected chi connectivity index (χ2v) is 8.11. The van der Waals surface area contributed by atoms with Crippen molar-refractivity contribution in [1.29, 1.82) is 0 Å². The SMILES string of the molecule is CCCCN1C2=NC(c3ccccc3)C3(C(=O)OC)CCOC3N2c2ccccc21. The van der Waals surface area contributed by atoms with E-state index in [9.17, 15) is 4.79 Å². The molecular weight excluding hydrogens is 378 g/mol. The first kappa shape index (κ1) is 19.1. The van der Waals surface area contributed by atoms with Crippen LogP contribution in [-0.4, -0.2) is 38.4 Å². The van der Waals surface area contributed by atoms with Crippen LogP contribution in [0.4, 0.5) is 11.4 Å². The molecule has 0 bridgehead atoms. The highest BCUT2D eigenvalue weighted by Gasteiger charge is 2.64. The molecule has 3 aliphatic heterocycles. The number of hydrogen-bond acceptors (Lipinski definition) is 6. The molecule has 6 nitrogen and oxygen atoms in total. The Bertz CT molecular complexity index is 977. The fourth-order valence-electron chi connectivity index (χ4n) is 5.07. The third-order valence-corrected chi connectivity index (χ3v) is 6.50. The van der Waals surface area contributed by atoms with Crippen LogP contribution >= 0.6 is 0 Å². The van der Waals surface area contributed by atoms with Gasteiger partial charge in [-0.3, -0.25) is 9.69 Å². The molecule has 0 N–H and O–H groups in total. The van der Waals surface area contributed by atoms with E-state index in [-0.39, 0.29) is 12.0 Å². The Morgan fingerprint density at radius 3 is 2.63 bits per heavy atom. The highest BCUT2D eigenvalue weighted by molar-refractivity contribution is 6.17. The highest BCUT2D eigenvalue weighted by Crippen LogP contribution is 2.56. The summed E-state index contributed by atoms with van der Waals surface area (Å²) in [5.41, 5.74) is 2.29. The smallest absolute Gasteiger partial charge is 0.319 e. The molecule has 0 radical (unpaired) electrons. The van der Waals surface area contributed by atoms with Gasteiger partial charge in [0.1, 0.15) is 5.41 Å². The zero-order valence-electron chi connectivity index (χ0n) is 17.5. The van der Waals surface area contributed by atoms with E-state index in [2.05, 4.69) is 34.9 Å². The first-order valence-electron chi connectivity index (χ1n) is 10.7. The number of aliphatic imine (C=N–C) groups is 1. The lowest BCUT2D eigenvalue weighted by molar-refractivity contribution is -0.158. The van der Waals surface area contributed by atoms with Gasteiger partial charge in [-0.2, -0.15) is 0 Å². The molecule has 3 heterocycles. The van der Waals surface area contributed by atoms with Crippen LogP contribution in [0.3, 0.4) is 0 Å². The van der Waals surface area contributed by atoms with E-state index >= 15 is 0 Å². The number of esters is 1. The molecular formula is C24H27N3O3. The molecule has 0 amide bonds. The van der Waals surface area contributed by atoms with Crippen LogP contribution < -0.4 is 9.80 Å². The van der Waals surface area contributed by atoms with Gasteiger partial charge in [0, 0.05) is 6.54 Å². The molecule has 30 heavy (non-hydrogen) atoms. The minimum absolute atomic E-state index is 0.258.